The molecule has 0 radical (unpaired) electrons. The summed E-state index contributed by atoms with van der Waals surface area (Å²) in [6.45, 7) is 10.0. The van der Waals surface area contributed by atoms with Crippen LogP contribution in [0.2, 0.25) is 5.02 Å². The fraction of sp³-hybridized carbons (Fsp3) is 0.423. The summed E-state index contributed by atoms with van der Waals surface area (Å²) in [4.78, 5) is 26.3. The molecule has 0 saturated carbocycles. The van der Waals surface area contributed by atoms with Crippen molar-refractivity contribution in [1.82, 2.24) is 15.5 Å². The van der Waals surface area contributed by atoms with Crippen LogP contribution in [-0.4, -0.2) is 42.2 Å². The first-order chi connectivity index (χ1) is 16.8. The molecule has 0 aliphatic carbocycles. The fourth-order valence-electron chi connectivity index (χ4n) is 3.21. The number of thiocarbonyl (C=S) groups is 1. The van der Waals surface area contributed by atoms with Gasteiger partial charge in [0.05, 0.1) is 22.3 Å². The predicted octanol–water partition coefficient (Wildman–Crippen LogP) is 4.87. The summed E-state index contributed by atoms with van der Waals surface area (Å²) in [6, 6.07) is 12.5. The van der Waals surface area contributed by atoms with E-state index in [9.17, 15) is 9.59 Å². The predicted molar refractivity (Wildman–Crippen MR) is 150 cm³/mol. The minimum atomic E-state index is -0.891. The molecule has 0 aliphatic rings. The first-order valence-corrected chi connectivity index (χ1v) is 12.4. The normalized spacial score (nSPS) is 12.8. The molecule has 0 spiro atoms. The number of nitrogens with two attached hydrogens (primary N) is 1. The second-order valence-corrected chi connectivity index (χ2v) is 10.6. The SMILES string of the molecule is CCN(C)C(=O)NCc1cccc(N)c1NC(=S)NC(C)(COC(=O)C(C)(C)C)c1cccc(Cl)c1. The largest absolute Gasteiger partial charge is 0.462 e. The Labute approximate surface area is 223 Å². The minimum absolute atomic E-state index is 0.0157. The number of nitrogens with one attached hydrogen (secondary N) is 3. The molecule has 10 heteroatoms. The summed E-state index contributed by atoms with van der Waals surface area (Å²) >= 11 is 11.9. The Morgan fingerprint density at radius 3 is 2.42 bits per heavy atom. The van der Waals surface area contributed by atoms with E-state index < -0.39 is 11.0 Å². The van der Waals surface area contributed by atoms with Gasteiger partial charge in [-0.2, -0.15) is 0 Å². The molecule has 0 bridgehead atoms. The van der Waals surface area contributed by atoms with E-state index in [-0.39, 0.29) is 30.3 Å². The number of nitrogen functional groups attached to an aromatic ring is 1. The van der Waals surface area contributed by atoms with Gasteiger partial charge in [0.25, 0.3) is 0 Å². The monoisotopic (exact) mass is 533 g/mol. The van der Waals surface area contributed by atoms with Gasteiger partial charge in [-0.05, 0) is 76.2 Å². The number of anilines is 2. The Morgan fingerprint density at radius 2 is 1.81 bits per heavy atom. The third kappa shape index (κ3) is 7.99. The van der Waals surface area contributed by atoms with Gasteiger partial charge in [0, 0.05) is 25.2 Å². The Morgan fingerprint density at radius 1 is 1.14 bits per heavy atom. The van der Waals surface area contributed by atoms with Crippen LogP contribution < -0.4 is 21.7 Å². The molecule has 8 nitrogen and oxygen atoms in total. The molecule has 0 aliphatic heterocycles. The van der Waals surface area contributed by atoms with Crippen molar-refractivity contribution in [1.29, 1.82) is 0 Å². The highest BCUT2D eigenvalue weighted by molar-refractivity contribution is 7.80. The van der Waals surface area contributed by atoms with E-state index in [0.29, 0.717) is 22.9 Å². The molecule has 1 unspecified atom stereocenters. The van der Waals surface area contributed by atoms with E-state index in [0.717, 1.165) is 11.1 Å². The summed E-state index contributed by atoms with van der Waals surface area (Å²) < 4.78 is 5.65. The standard InChI is InChI=1S/C26H36ClN5O3S/c1-7-32(6)24(34)29-15-17-10-8-13-20(28)21(17)30-23(36)31-26(5,16-35-22(33)25(2,3)4)18-11-9-12-19(27)14-18/h8-14H,7,15-16,28H2,1-6H3,(H,29,34)(H2,30,31,36). The van der Waals surface area contributed by atoms with Crippen LogP contribution in [0.1, 0.15) is 45.7 Å². The number of ether oxygens (including phenoxy) is 1. The van der Waals surface area contributed by atoms with Crippen molar-refractivity contribution in [2.45, 2.75) is 46.7 Å². The molecule has 196 valence electrons. The fourth-order valence-corrected chi connectivity index (χ4v) is 3.73. The van der Waals surface area contributed by atoms with Gasteiger partial charge in [-0.1, -0.05) is 35.9 Å². The Balaban J connectivity index is 2.26. The van der Waals surface area contributed by atoms with Crippen molar-refractivity contribution < 1.29 is 14.3 Å². The lowest BCUT2D eigenvalue weighted by Crippen LogP contribution is -2.49. The summed E-state index contributed by atoms with van der Waals surface area (Å²) in [5.41, 5.74) is 7.30. The van der Waals surface area contributed by atoms with Gasteiger partial charge in [0.2, 0.25) is 0 Å². The van der Waals surface area contributed by atoms with Crippen molar-refractivity contribution in [3.8, 4) is 0 Å². The van der Waals surface area contributed by atoms with E-state index in [1.807, 2.05) is 38.1 Å². The number of hydrogen-bond acceptors (Lipinski definition) is 5. The average molecular weight is 534 g/mol. The van der Waals surface area contributed by atoms with Gasteiger partial charge >= 0.3 is 12.0 Å². The highest BCUT2D eigenvalue weighted by Gasteiger charge is 2.32. The summed E-state index contributed by atoms with van der Waals surface area (Å²) in [5.74, 6) is -0.334. The van der Waals surface area contributed by atoms with Gasteiger partial charge in [-0.15, -0.1) is 0 Å². The number of carbonyl (C=O) groups is 2. The van der Waals surface area contributed by atoms with Crippen LogP contribution in [0.5, 0.6) is 0 Å². The maximum absolute atomic E-state index is 12.5. The molecule has 0 fully saturated rings. The molecule has 2 amide bonds. The topological polar surface area (TPSA) is 109 Å². The van der Waals surface area contributed by atoms with E-state index >= 15 is 0 Å². The number of urea groups is 1. The average Bonchev–Trinajstić information content (AvgIpc) is 2.81. The number of esters is 1. The van der Waals surface area contributed by atoms with E-state index in [1.165, 1.54) is 0 Å². The van der Waals surface area contributed by atoms with Crippen LogP contribution in [-0.2, 0) is 21.6 Å². The van der Waals surface area contributed by atoms with E-state index in [2.05, 4.69) is 16.0 Å². The second kappa shape index (κ2) is 12.3. The van der Waals surface area contributed by atoms with E-state index in [1.54, 1.807) is 50.9 Å². The molecular formula is C26H36ClN5O3S. The number of nitrogens with zero attached hydrogens (tertiary/aromatic N) is 1. The quantitative estimate of drug-likeness (QED) is 0.218. The molecule has 0 heterocycles. The van der Waals surface area contributed by atoms with Gasteiger partial charge in [0.1, 0.15) is 6.61 Å². The second-order valence-electron chi connectivity index (χ2n) is 9.80. The zero-order valence-corrected chi connectivity index (χ0v) is 23.3. The number of benzene rings is 2. The van der Waals surface area contributed by atoms with Crippen LogP contribution in [0.15, 0.2) is 42.5 Å². The molecule has 2 aromatic rings. The maximum Gasteiger partial charge on any atom is 0.317 e. The van der Waals surface area contributed by atoms with Crippen LogP contribution >= 0.6 is 23.8 Å². The van der Waals surface area contributed by atoms with Crippen LogP contribution in [0.4, 0.5) is 16.2 Å². The van der Waals surface area contributed by atoms with Gasteiger partial charge in [-0.3, -0.25) is 4.79 Å². The number of carbonyl (C=O) groups excluding carboxylic acids is 2. The van der Waals surface area contributed by atoms with Crippen molar-refractivity contribution >= 4 is 52.3 Å². The maximum atomic E-state index is 12.5. The molecule has 2 rings (SSSR count). The number of para-hydroxylation sites is 1. The van der Waals surface area contributed by atoms with Crippen molar-refractivity contribution in [2.24, 2.45) is 5.41 Å². The summed E-state index contributed by atoms with van der Waals surface area (Å²) in [6.07, 6.45) is 0. The third-order valence-electron chi connectivity index (χ3n) is 5.63. The Hall–Kier alpha value is -3.04. The van der Waals surface area contributed by atoms with Crippen molar-refractivity contribution in [2.75, 3.05) is 31.2 Å². The van der Waals surface area contributed by atoms with Crippen LogP contribution in [0.3, 0.4) is 0 Å². The Kier molecular flexibility index (Phi) is 9.95. The molecule has 5 N–H and O–H groups in total. The first-order valence-electron chi connectivity index (χ1n) is 11.7. The lowest BCUT2D eigenvalue weighted by Gasteiger charge is -2.33. The zero-order chi connectivity index (χ0) is 27.1. The smallest absolute Gasteiger partial charge is 0.317 e. The Bertz CT molecular complexity index is 1110. The minimum Gasteiger partial charge on any atom is -0.462 e. The van der Waals surface area contributed by atoms with Gasteiger partial charge in [0.15, 0.2) is 5.11 Å². The number of halogens is 1. The van der Waals surface area contributed by atoms with Gasteiger partial charge < -0.3 is 31.3 Å². The van der Waals surface area contributed by atoms with Gasteiger partial charge in [-0.25, -0.2) is 4.79 Å². The molecule has 2 aromatic carbocycles. The summed E-state index contributed by atoms with van der Waals surface area (Å²) in [7, 11) is 1.72. The molecule has 0 aromatic heterocycles. The van der Waals surface area contributed by atoms with Crippen LogP contribution in [0, 0.1) is 5.41 Å². The van der Waals surface area contributed by atoms with E-state index in [4.69, 9.17) is 34.3 Å². The van der Waals surface area contributed by atoms with Crippen molar-refractivity contribution in [3.05, 3.63) is 58.6 Å². The highest BCUT2D eigenvalue weighted by atomic mass is 35.5. The number of amides is 2. The van der Waals surface area contributed by atoms with Crippen LogP contribution in [0.25, 0.3) is 0 Å². The molecule has 1 atom stereocenters. The number of rotatable bonds is 8. The molecule has 0 saturated heterocycles. The first kappa shape index (κ1) is 29.2. The zero-order valence-electron chi connectivity index (χ0n) is 21.7. The molecule has 36 heavy (non-hydrogen) atoms. The van der Waals surface area contributed by atoms with Crippen molar-refractivity contribution in [3.63, 3.8) is 0 Å². The lowest BCUT2D eigenvalue weighted by molar-refractivity contribution is -0.155. The highest BCUT2D eigenvalue weighted by Crippen LogP contribution is 2.28. The third-order valence-corrected chi connectivity index (χ3v) is 6.07. The summed E-state index contributed by atoms with van der Waals surface area (Å²) in [5, 5.41) is 10.1. The lowest BCUT2D eigenvalue weighted by atomic mass is 9.92. The number of hydrogen-bond donors (Lipinski definition) is 4. The molecular weight excluding hydrogens is 498 g/mol.